The molecule has 0 amide bonds. The molecular formula is C9H12ClNO2. The third-order valence-corrected chi connectivity index (χ3v) is 2.08. The average Bonchev–Trinajstić information content (AvgIpc) is 2.07. The van der Waals surface area contributed by atoms with E-state index in [1.807, 2.05) is 0 Å². The van der Waals surface area contributed by atoms with Crippen molar-refractivity contribution in [3.8, 4) is 11.5 Å². The first-order chi connectivity index (χ1) is 5.77. The van der Waals surface area contributed by atoms with Crippen molar-refractivity contribution in [2.45, 2.75) is 12.5 Å². The zero-order valence-electron chi connectivity index (χ0n) is 7.06. The molecule has 0 spiro atoms. The quantitative estimate of drug-likeness (QED) is 0.671. The second-order valence-corrected chi connectivity index (χ2v) is 2.97. The Labute approximate surface area is 82.9 Å². The van der Waals surface area contributed by atoms with Crippen LogP contribution in [-0.2, 0) is 0 Å². The number of hydrogen-bond donors (Lipinski definition) is 2. The van der Waals surface area contributed by atoms with E-state index < -0.39 is 0 Å². The topological polar surface area (TPSA) is 55.5 Å². The molecule has 13 heavy (non-hydrogen) atoms. The van der Waals surface area contributed by atoms with Crippen LogP contribution in [0, 0.1) is 0 Å². The molecule has 1 aromatic rings. The molecule has 72 valence electrons. The number of fused-ring (bicyclic) bond motifs is 1. The third kappa shape index (κ3) is 1.87. The van der Waals surface area contributed by atoms with Crippen molar-refractivity contribution in [2.24, 2.45) is 5.73 Å². The van der Waals surface area contributed by atoms with Gasteiger partial charge in [0.05, 0.1) is 6.61 Å². The van der Waals surface area contributed by atoms with Crippen LogP contribution in [0.5, 0.6) is 11.5 Å². The van der Waals surface area contributed by atoms with Gasteiger partial charge in [0.15, 0.2) is 0 Å². The molecule has 4 heteroatoms. The van der Waals surface area contributed by atoms with Crippen LogP contribution in [0.15, 0.2) is 18.2 Å². The van der Waals surface area contributed by atoms with Gasteiger partial charge in [-0.15, -0.1) is 12.4 Å². The van der Waals surface area contributed by atoms with Crippen LogP contribution < -0.4 is 10.5 Å². The molecule has 0 saturated heterocycles. The smallest absolute Gasteiger partial charge is 0.124 e. The lowest BCUT2D eigenvalue weighted by molar-refractivity contribution is 0.268. The second kappa shape index (κ2) is 3.85. The number of benzene rings is 1. The molecule has 0 bridgehead atoms. The fraction of sp³-hybridized carbons (Fsp3) is 0.333. The zero-order valence-corrected chi connectivity index (χ0v) is 7.88. The molecule has 1 heterocycles. The lowest BCUT2D eigenvalue weighted by atomic mass is 10.0. The van der Waals surface area contributed by atoms with E-state index in [9.17, 15) is 5.11 Å². The molecular weight excluding hydrogens is 190 g/mol. The van der Waals surface area contributed by atoms with Gasteiger partial charge in [0, 0.05) is 18.0 Å². The van der Waals surface area contributed by atoms with Gasteiger partial charge in [0.25, 0.3) is 0 Å². The van der Waals surface area contributed by atoms with E-state index in [0.29, 0.717) is 6.61 Å². The fourth-order valence-electron chi connectivity index (χ4n) is 1.41. The van der Waals surface area contributed by atoms with Gasteiger partial charge in [-0.3, -0.25) is 0 Å². The number of phenolic OH excluding ortho intramolecular Hbond substituents is 1. The summed E-state index contributed by atoms with van der Waals surface area (Å²) in [6.45, 7) is 0.666. The molecule has 1 aliphatic rings. The summed E-state index contributed by atoms with van der Waals surface area (Å²) in [5, 5.41) is 9.19. The van der Waals surface area contributed by atoms with Gasteiger partial charge in [-0.05, 0) is 18.2 Å². The van der Waals surface area contributed by atoms with E-state index in [1.165, 1.54) is 0 Å². The van der Waals surface area contributed by atoms with Gasteiger partial charge >= 0.3 is 0 Å². The van der Waals surface area contributed by atoms with Crippen molar-refractivity contribution >= 4 is 12.4 Å². The van der Waals surface area contributed by atoms with Crippen LogP contribution in [0.1, 0.15) is 18.0 Å². The number of phenols is 1. The van der Waals surface area contributed by atoms with E-state index in [4.69, 9.17) is 10.5 Å². The molecule has 0 saturated carbocycles. The Morgan fingerprint density at radius 2 is 2.23 bits per heavy atom. The fourth-order valence-corrected chi connectivity index (χ4v) is 1.41. The number of rotatable bonds is 0. The van der Waals surface area contributed by atoms with Gasteiger partial charge < -0.3 is 15.6 Å². The Morgan fingerprint density at radius 3 is 3.00 bits per heavy atom. The summed E-state index contributed by atoms with van der Waals surface area (Å²) < 4.78 is 5.36. The maximum atomic E-state index is 9.19. The Bertz CT molecular complexity index is 304. The highest BCUT2D eigenvalue weighted by Crippen LogP contribution is 2.32. The lowest BCUT2D eigenvalue weighted by Gasteiger charge is -2.22. The van der Waals surface area contributed by atoms with Crippen LogP contribution in [0.2, 0.25) is 0 Å². The largest absolute Gasteiger partial charge is 0.508 e. The predicted molar refractivity (Wildman–Crippen MR) is 52.4 cm³/mol. The van der Waals surface area contributed by atoms with Crippen molar-refractivity contribution in [1.29, 1.82) is 0 Å². The highest BCUT2D eigenvalue weighted by molar-refractivity contribution is 5.85. The van der Waals surface area contributed by atoms with Gasteiger partial charge in [-0.1, -0.05) is 0 Å². The Morgan fingerprint density at radius 1 is 1.46 bits per heavy atom. The van der Waals surface area contributed by atoms with Gasteiger partial charge in [-0.25, -0.2) is 0 Å². The van der Waals surface area contributed by atoms with Gasteiger partial charge in [-0.2, -0.15) is 0 Å². The first-order valence-corrected chi connectivity index (χ1v) is 3.98. The van der Waals surface area contributed by atoms with Gasteiger partial charge in [0.2, 0.25) is 0 Å². The minimum Gasteiger partial charge on any atom is -0.508 e. The molecule has 0 aromatic heterocycles. The van der Waals surface area contributed by atoms with Crippen LogP contribution in [0.4, 0.5) is 0 Å². The molecule has 0 radical (unpaired) electrons. The highest BCUT2D eigenvalue weighted by atomic mass is 35.5. The van der Waals surface area contributed by atoms with Crippen molar-refractivity contribution in [2.75, 3.05) is 6.61 Å². The minimum atomic E-state index is 0. The van der Waals surface area contributed by atoms with Crippen molar-refractivity contribution in [3.63, 3.8) is 0 Å². The maximum absolute atomic E-state index is 9.19. The first kappa shape index (κ1) is 10.2. The number of nitrogens with two attached hydrogens (primary N) is 1. The average molecular weight is 202 g/mol. The molecule has 3 nitrogen and oxygen atoms in total. The zero-order chi connectivity index (χ0) is 8.55. The van der Waals surface area contributed by atoms with Crippen LogP contribution in [0.25, 0.3) is 0 Å². The van der Waals surface area contributed by atoms with E-state index in [1.54, 1.807) is 18.2 Å². The summed E-state index contributed by atoms with van der Waals surface area (Å²) >= 11 is 0. The normalized spacial score (nSPS) is 19.6. The molecule has 0 unspecified atom stereocenters. The highest BCUT2D eigenvalue weighted by Gasteiger charge is 2.17. The lowest BCUT2D eigenvalue weighted by Crippen LogP contribution is -2.20. The third-order valence-electron chi connectivity index (χ3n) is 2.08. The number of halogens is 1. The number of hydrogen-bond acceptors (Lipinski definition) is 3. The second-order valence-electron chi connectivity index (χ2n) is 2.97. The van der Waals surface area contributed by atoms with Crippen molar-refractivity contribution in [3.05, 3.63) is 23.8 Å². The Kier molecular flexibility index (Phi) is 3.01. The molecule has 1 atom stereocenters. The first-order valence-electron chi connectivity index (χ1n) is 3.98. The Balaban J connectivity index is 0.000000845. The van der Waals surface area contributed by atoms with Gasteiger partial charge in [0.1, 0.15) is 11.5 Å². The van der Waals surface area contributed by atoms with E-state index >= 15 is 0 Å². The van der Waals surface area contributed by atoms with Crippen LogP contribution in [0.3, 0.4) is 0 Å². The summed E-state index contributed by atoms with van der Waals surface area (Å²) in [4.78, 5) is 0. The van der Waals surface area contributed by atoms with Crippen molar-refractivity contribution < 1.29 is 9.84 Å². The van der Waals surface area contributed by atoms with E-state index in [0.717, 1.165) is 17.7 Å². The number of ether oxygens (including phenoxy) is 1. The van der Waals surface area contributed by atoms with Crippen LogP contribution in [-0.4, -0.2) is 11.7 Å². The summed E-state index contributed by atoms with van der Waals surface area (Å²) in [6.07, 6.45) is 0.816. The van der Waals surface area contributed by atoms with E-state index in [-0.39, 0.29) is 24.2 Å². The molecule has 1 aliphatic heterocycles. The Hall–Kier alpha value is -0.930. The van der Waals surface area contributed by atoms with Crippen molar-refractivity contribution in [1.82, 2.24) is 0 Å². The molecule has 3 N–H and O–H groups in total. The molecule has 2 rings (SSSR count). The molecule has 1 aromatic carbocycles. The maximum Gasteiger partial charge on any atom is 0.124 e. The summed E-state index contributed by atoms with van der Waals surface area (Å²) in [5.74, 6) is 1.04. The predicted octanol–water partition coefficient (Wildman–Crippen LogP) is 1.60. The summed E-state index contributed by atoms with van der Waals surface area (Å²) in [5.41, 5.74) is 6.73. The van der Waals surface area contributed by atoms with E-state index in [2.05, 4.69) is 0 Å². The SMILES string of the molecule is Cl.N[C@H]1CCOc2ccc(O)cc21. The standard InChI is InChI=1S/C9H11NO2.ClH/c10-8-3-4-12-9-2-1-6(11)5-7(8)9;/h1-2,5,8,11H,3-4,10H2;1H/t8-;/m0./s1. The summed E-state index contributed by atoms with van der Waals surface area (Å²) in [6, 6.07) is 5.03. The number of aromatic hydroxyl groups is 1. The summed E-state index contributed by atoms with van der Waals surface area (Å²) in [7, 11) is 0. The minimum absolute atomic E-state index is 0. The molecule has 0 aliphatic carbocycles. The monoisotopic (exact) mass is 201 g/mol. The van der Waals surface area contributed by atoms with Crippen LogP contribution >= 0.6 is 12.4 Å². The molecule has 0 fully saturated rings.